The molecule has 2 aromatic rings. The fraction of sp³-hybridized carbons (Fsp3) is 0. The molecule has 0 aliphatic rings. The molecule has 0 saturated carbocycles. The standard InChI is InChI=1S/C10H7IN2O/c11-8-2-1-6-5-13-9(10(12)14)4-7(6)3-8/h1-5H,(H2,12,14). The summed E-state index contributed by atoms with van der Waals surface area (Å²) in [5.74, 6) is -0.495. The minimum atomic E-state index is -0.495. The van der Waals surface area contributed by atoms with E-state index in [-0.39, 0.29) is 0 Å². The Kier molecular flexibility index (Phi) is 2.37. The summed E-state index contributed by atoms with van der Waals surface area (Å²) in [6, 6.07) is 7.66. The SMILES string of the molecule is NC(=O)c1cc2cc(I)ccc2cn1. The average molecular weight is 298 g/mol. The van der Waals surface area contributed by atoms with Crippen LogP contribution < -0.4 is 5.73 Å². The molecule has 3 nitrogen and oxygen atoms in total. The first kappa shape index (κ1) is 9.39. The van der Waals surface area contributed by atoms with Crippen molar-refractivity contribution in [1.29, 1.82) is 0 Å². The number of amides is 1. The highest BCUT2D eigenvalue weighted by molar-refractivity contribution is 14.1. The van der Waals surface area contributed by atoms with Crippen molar-refractivity contribution in [2.75, 3.05) is 0 Å². The van der Waals surface area contributed by atoms with Crippen LogP contribution in [-0.4, -0.2) is 10.9 Å². The Balaban J connectivity index is 2.69. The van der Waals surface area contributed by atoms with Crippen LogP contribution in [0.15, 0.2) is 30.5 Å². The molecule has 70 valence electrons. The third-order valence-corrected chi connectivity index (χ3v) is 2.61. The van der Waals surface area contributed by atoms with E-state index in [4.69, 9.17) is 5.73 Å². The van der Waals surface area contributed by atoms with Gasteiger partial charge >= 0.3 is 0 Å². The number of primary amides is 1. The van der Waals surface area contributed by atoms with Crippen molar-refractivity contribution in [3.63, 3.8) is 0 Å². The average Bonchev–Trinajstić information content (AvgIpc) is 2.16. The maximum atomic E-state index is 10.9. The van der Waals surface area contributed by atoms with E-state index in [1.165, 1.54) is 0 Å². The van der Waals surface area contributed by atoms with Gasteiger partial charge in [0.05, 0.1) is 0 Å². The Bertz CT molecular complexity index is 510. The summed E-state index contributed by atoms with van der Waals surface area (Å²) in [5, 5.41) is 2.00. The van der Waals surface area contributed by atoms with E-state index in [1.54, 1.807) is 12.3 Å². The van der Waals surface area contributed by atoms with Crippen molar-refractivity contribution in [1.82, 2.24) is 4.98 Å². The number of hydrogen-bond acceptors (Lipinski definition) is 2. The Morgan fingerprint density at radius 2 is 2.07 bits per heavy atom. The molecule has 0 saturated heterocycles. The smallest absolute Gasteiger partial charge is 0.267 e. The zero-order valence-electron chi connectivity index (χ0n) is 7.20. The van der Waals surface area contributed by atoms with Crippen LogP contribution in [0.3, 0.4) is 0 Å². The van der Waals surface area contributed by atoms with Crippen LogP contribution >= 0.6 is 22.6 Å². The number of carbonyl (C=O) groups is 1. The number of nitrogens with zero attached hydrogens (tertiary/aromatic N) is 1. The fourth-order valence-electron chi connectivity index (χ4n) is 1.25. The lowest BCUT2D eigenvalue weighted by Crippen LogP contribution is -2.12. The van der Waals surface area contributed by atoms with E-state index in [9.17, 15) is 4.79 Å². The summed E-state index contributed by atoms with van der Waals surface area (Å²) < 4.78 is 1.12. The number of nitrogens with two attached hydrogens (primary N) is 1. The first-order valence-electron chi connectivity index (χ1n) is 4.02. The van der Waals surface area contributed by atoms with Crippen LogP contribution in [0.25, 0.3) is 10.8 Å². The molecule has 0 unspecified atom stereocenters. The molecule has 1 amide bonds. The predicted molar refractivity (Wildman–Crippen MR) is 63.0 cm³/mol. The highest BCUT2D eigenvalue weighted by Crippen LogP contribution is 2.17. The molecule has 0 fully saturated rings. The molecule has 0 aliphatic carbocycles. The van der Waals surface area contributed by atoms with Gasteiger partial charge in [-0.2, -0.15) is 0 Å². The van der Waals surface area contributed by atoms with Crippen LogP contribution in [0.1, 0.15) is 10.5 Å². The minimum absolute atomic E-state index is 0.305. The van der Waals surface area contributed by atoms with E-state index >= 15 is 0 Å². The van der Waals surface area contributed by atoms with E-state index in [2.05, 4.69) is 27.6 Å². The first-order valence-corrected chi connectivity index (χ1v) is 5.10. The molecule has 0 spiro atoms. The lowest BCUT2D eigenvalue weighted by Gasteiger charge is -1.99. The number of benzene rings is 1. The highest BCUT2D eigenvalue weighted by Gasteiger charge is 2.03. The monoisotopic (exact) mass is 298 g/mol. The van der Waals surface area contributed by atoms with Gasteiger partial charge in [0.25, 0.3) is 5.91 Å². The molecule has 4 heteroatoms. The number of carbonyl (C=O) groups excluding carboxylic acids is 1. The Labute approximate surface area is 94.5 Å². The summed E-state index contributed by atoms with van der Waals surface area (Å²) >= 11 is 2.22. The van der Waals surface area contributed by atoms with E-state index < -0.39 is 5.91 Å². The third-order valence-electron chi connectivity index (χ3n) is 1.94. The number of hydrogen-bond donors (Lipinski definition) is 1. The van der Waals surface area contributed by atoms with Gasteiger partial charge in [-0.1, -0.05) is 6.07 Å². The molecule has 1 heterocycles. The summed E-state index contributed by atoms with van der Waals surface area (Å²) in [7, 11) is 0. The number of aromatic nitrogens is 1. The van der Waals surface area contributed by atoms with Gasteiger partial charge in [0.1, 0.15) is 5.69 Å². The molecular formula is C10H7IN2O. The number of fused-ring (bicyclic) bond motifs is 1. The lowest BCUT2D eigenvalue weighted by atomic mass is 10.1. The molecule has 0 atom stereocenters. The summed E-state index contributed by atoms with van der Waals surface area (Å²) in [4.78, 5) is 14.8. The molecule has 1 aromatic heterocycles. The Morgan fingerprint density at radius 3 is 2.79 bits per heavy atom. The second kappa shape index (κ2) is 3.53. The van der Waals surface area contributed by atoms with Crippen molar-refractivity contribution < 1.29 is 4.79 Å². The molecular weight excluding hydrogens is 291 g/mol. The minimum Gasteiger partial charge on any atom is -0.364 e. The highest BCUT2D eigenvalue weighted by atomic mass is 127. The second-order valence-electron chi connectivity index (χ2n) is 2.93. The maximum Gasteiger partial charge on any atom is 0.267 e. The predicted octanol–water partition coefficient (Wildman–Crippen LogP) is 1.94. The quantitative estimate of drug-likeness (QED) is 0.818. The second-order valence-corrected chi connectivity index (χ2v) is 4.17. The molecule has 2 rings (SSSR count). The summed E-state index contributed by atoms with van der Waals surface area (Å²) in [6.07, 6.45) is 1.66. The van der Waals surface area contributed by atoms with Crippen LogP contribution in [0.2, 0.25) is 0 Å². The Hall–Kier alpha value is -1.17. The van der Waals surface area contributed by atoms with Gasteiger partial charge in [-0.25, -0.2) is 0 Å². The van der Waals surface area contributed by atoms with Crippen LogP contribution in [0.4, 0.5) is 0 Å². The van der Waals surface area contributed by atoms with E-state index in [0.29, 0.717) is 5.69 Å². The van der Waals surface area contributed by atoms with Crippen molar-refractivity contribution in [3.8, 4) is 0 Å². The molecule has 2 N–H and O–H groups in total. The first-order chi connectivity index (χ1) is 6.66. The van der Waals surface area contributed by atoms with E-state index in [1.807, 2.05) is 18.2 Å². The zero-order chi connectivity index (χ0) is 10.1. The van der Waals surface area contributed by atoms with Crippen molar-refractivity contribution in [2.24, 2.45) is 5.73 Å². The van der Waals surface area contributed by atoms with Crippen molar-refractivity contribution in [2.45, 2.75) is 0 Å². The summed E-state index contributed by atoms with van der Waals surface area (Å²) in [6.45, 7) is 0. The van der Waals surface area contributed by atoms with Crippen LogP contribution in [0, 0.1) is 3.57 Å². The van der Waals surface area contributed by atoms with Crippen molar-refractivity contribution in [3.05, 3.63) is 39.7 Å². The number of rotatable bonds is 1. The lowest BCUT2D eigenvalue weighted by molar-refractivity contribution is 0.0996. The number of pyridine rings is 1. The third kappa shape index (κ3) is 1.70. The van der Waals surface area contributed by atoms with Gasteiger partial charge in [0.2, 0.25) is 0 Å². The van der Waals surface area contributed by atoms with Crippen molar-refractivity contribution >= 4 is 39.3 Å². The fourth-order valence-corrected chi connectivity index (χ4v) is 1.76. The molecule has 0 aliphatic heterocycles. The largest absolute Gasteiger partial charge is 0.364 e. The van der Waals surface area contributed by atoms with Crippen LogP contribution in [-0.2, 0) is 0 Å². The molecule has 1 aromatic carbocycles. The normalized spacial score (nSPS) is 10.4. The van der Waals surface area contributed by atoms with Gasteiger partial charge in [0.15, 0.2) is 0 Å². The molecule has 0 bridgehead atoms. The maximum absolute atomic E-state index is 10.9. The molecule has 0 radical (unpaired) electrons. The zero-order valence-corrected chi connectivity index (χ0v) is 9.36. The van der Waals surface area contributed by atoms with Gasteiger partial charge in [-0.05, 0) is 46.2 Å². The van der Waals surface area contributed by atoms with Gasteiger partial charge in [-0.3, -0.25) is 9.78 Å². The summed E-state index contributed by atoms with van der Waals surface area (Å²) in [5.41, 5.74) is 5.44. The Morgan fingerprint density at radius 1 is 1.29 bits per heavy atom. The molecule has 14 heavy (non-hydrogen) atoms. The topological polar surface area (TPSA) is 56.0 Å². The van der Waals surface area contributed by atoms with Gasteiger partial charge in [-0.15, -0.1) is 0 Å². The van der Waals surface area contributed by atoms with Gasteiger partial charge in [0, 0.05) is 15.2 Å². The van der Waals surface area contributed by atoms with Gasteiger partial charge < -0.3 is 5.73 Å². The van der Waals surface area contributed by atoms with Crippen LogP contribution in [0.5, 0.6) is 0 Å². The van der Waals surface area contributed by atoms with E-state index in [0.717, 1.165) is 14.3 Å². The number of halogens is 1.